The Kier molecular flexibility index (Phi) is 17.6. The van der Waals surface area contributed by atoms with Crippen LogP contribution < -0.4 is 5.32 Å². The number of ether oxygens (including phenoxy) is 4. The lowest BCUT2D eigenvalue weighted by molar-refractivity contribution is -0.148. The number of nitrogens with one attached hydrogen (secondary N) is 1. The number of carbonyl (C=O) groups is 3. The van der Waals surface area contributed by atoms with Crippen LogP contribution in [0.2, 0.25) is 0 Å². The van der Waals surface area contributed by atoms with E-state index < -0.39 is 29.7 Å². The second kappa shape index (κ2) is 18.6. The van der Waals surface area contributed by atoms with Crippen LogP contribution in [0.5, 0.6) is 0 Å². The topological polar surface area (TPSA) is 141 Å². The molecule has 0 radical (unpaired) electrons. The number of amides is 1. The van der Waals surface area contributed by atoms with E-state index in [9.17, 15) is 19.5 Å². The van der Waals surface area contributed by atoms with Gasteiger partial charge in [-0.25, -0.2) is 9.59 Å². The van der Waals surface area contributed by atoms with Gasteiger partial charge < -0.3 is 34.5 Å². The molecule has 0 heterocycles. The van der Waals surface area contributed by atoms with Gasteiger partial charge in [0.2, 0.25) is 0 Å². The van der Waals surface area contributed by atoms with Crippen LogP contribution >= 0.6 is 11.8 Å². The molecule has 0 aliphatic heterocycles. The van der Waals surface area contributed by atoms with Gasteiger partial charge in [0.05, 0.1) is 25.7 Å². The molecule has 0 saturated heterocycles. The summed E-state index contributed by atoms with van der Waals surface area (Å²) in [6.07, 6.45) is 1.05. The van der Waals surface area contributed by atoms with Gasteiger partial charge >= 0.3 is 18.0 Å². The maximum atomic E-state index is 12.2. The zero-order chi connectivity index (χ0) is 25.1. The molecule has 0 aromatic rings. The van der Waals surface area contributed by atoms with Crippen molar-refractivity contribution in [2.75, 3.05) is 51.1 Å². The summed E-state index contributed by atoms with van der Waals surface area (Å²) in [4.78, 5) is 35.6. The van der Waals surface area contributed by atoms with Gasteiger partial charge in [0.1, 0.15) is 18.8 Å². The van der Waals surface area contributed by atoms with Crippen molar-refractivity contribution in [2.24, 2.45) is 5.92 Å². The Morgan fingerprint density at radius 2 is 1.88 bits per heavy atom. The third kappa shape index (κ3) is 17.3. The summed E-state index contributed by atoms with van der Waals surface area (Å²) in [5, 5.41) is 20.6. The van der Waals surface area contributed by atoms with Crippen molar-refractivity contribution in [3.63, 3.8) is 0 Å². The maximum absolute atomic E-state index is 12.2. The first-order valence-corrected chi connectivity index (χ1v) is 12.1. The van der Waals surface area contributed by atoms with Gasteiger partial charge in [-0.15, -0.1) is 0 Å². The number of carbonyl (C=O) groups excluding carboxylic acids is 3. The number of alkyl carbamates (subject to hydrolysis) is 1. The smallest absolute Gasteiger partial charge is 0.407 e. The lowest BCUT2D eigenvalue weighted by Gasteiger charge is -2.29. The quantitative estimate of drug-likeness (QED) is 0.105. The number of hydrogen-bond acceptors (Lipinski definition) is 10. The molecule has 33 heavy (non-hydrogen) atoms. The summed E-state index contributed by atoms with van der Waals surface area (Å²) in [5.74, 6) is -0.0284. The number of esters is 2. The Morgan fingerprint density at radius 3 is 2.52 bits per heavy atom. The van der Waals surface area contributed by atoms with Crippen LogP contribution in [0.3, 0.4) is 0 Å². The third-order valence-electron chi connectivity index (χ3n) is 4.39. The molecule has 11 heteroatoms. The van der Waals surface area contributed by atoms with E-state index in [1.807, 2.05) is 0 Å². The van der Waals surface area contributed by atoms with Gasteiger partial charge in [-0.05, 0) is 12.8 Å². The van der Waals surface area contributed by atoms with Gasteiger partial charge in [0, 0.05) is 37.2 Å². The normalized spacial score (nSPS) is 14.5. The molecule has 0 aliphatic carbocycles. The van der Waals surface area contributed by atoms with Gasteiger partial charge in [-0.3, -0.25) is 4.79 Å². The van der Waals surface area contributed by atoms with Crippen LogP contribution in [0.15, 0.2) is 12.7 Å². The molecule has 3 N–H and O–H groups in total. The fourth-order valence-electron chi connectivity index (χ4n) is 2.15. The Morgan fingerprint density at radius 1 is 1.18 bits per heavy atom. The molecular weight excluding hydrogens is 454 g/mol. The molecule has 10 nitrogen and oxygen atoms in total. The van der Waals surface area contributed by atoms with Gasteiger partial charge in [-0.1, -0.05) is 26.8 Å². The fourth-order valence-corrected chi connectivity index (χ4v) is 3.01. The van der Waals surface area contributed by atoms with Crippen LogP contribution in [-0.2, 0) is 28.5 Å². The Hall–Kier alpha value is -1.82. The average Bonchev–Trinajstić information content (AvgIpc) is 2.80. The molecule has 0 spiro atoms. The molecular formula is C22H39NO9S. The summed E-state index contributed by atoms with van der Waals surface area (Å²) in [6.45, 7) is 9.49. The predicted molar refractivity (Wildman–Crippen MR) is 125 cm³/mol. The molecule has 0 aliphatic rings. The van der Waals surface area contributed by atoms with Crippen molar-refractivity contribution in [3.05, 3.63) is 12.7 Å². The van der Waals surface area contributed by atoms with E-state index in [0.717, 1.165) is 12.5 Å². The second-order valence-electron chi connectivity index (χ2n) is 7.90. The number of aliphatic hydroxyl groups is 2. The van der Waals surface area contributed by atoms with E-state index >= 15 is 0 Å². The highest BCUT2D eigenvalue weighted by Gasteiger charge is 2.31. The monoisotopic (exact) mass is 493 g/mol. The lowest BCUT2D eigenvalue weighted by atomic mass is 10.1. The molecule has 0 fully saturated rings. The Balaban J connectivity index is 4.48. The number of aliphatic hydroxyl groups excluding tert-OH is 2. The number of rotatable bonds is 19. The minimum atomic E-state index is -1.21. The summed E-state index contributed by atoms with van der Waals surface area (Å²) in [5.41, 5.74) is -1.21. The zero-order valence-electron chi connectivity index (χ0n) is 19.9. The molecule has 0 saturated carbocycles. The third-order valence-corrected chi connectivity index (χ3v) is 5.51. The van der Waals surface area contributed by atoms with Gasteiger partial charge in [-0.2, -0.15) is 11.8 Å². The molecule has 0 aromatic heterocycles. The zero-order valence-corrected chi connectivity index (χ0v) is 20.7. The van der Waals surface area contributed by atoms with Crippen LogP contribution in [0.4, 0.5) is 4.79 Å². The van der Waals surface area contributed by atoms with Crippen molar-refractivity contribution in [2.45, 2.75) is 51.7 Å². The standard InChI is InChI=1S/C22H39NO9S/c1-5-17(3)13-29-9-7-10-30-21(28)23-22(4,15-31-19(26)6-2)16-32-20(27)8-11-33-14-18(25)12-24/h6,17-18,24-25H,2,5,7-16H2,1,3-4H3,(H,23,28). The van der Waals surface area contributed by atoms with Crippen molar-refractivity contribution in [3.8, 4) is 0 Å². The summed E-state index contributed by atoms with van der Waals surface area (Å²) < 4.78 is 20.9. The molecule has 0 bridgehead atoms. The summed E-state index contributed by atoms with van der Waals surface area (Å²) in [6, 6.07) is 0. The average molecular weight is 494 g/mol. The van der Waals surface area contributed by atoms with Crippen molar-refractivity contribution < 1.29 is 43.5 Å². The van der Waals surface area contributed by atoms with E-state index in [2.05, 4.69) is 25.7 Å². The van der Waals surface area contributed by atoms with Gasteiger partial charge in [0.25, 0.3) is 0 Å². The Labute approximate surface area is 200 Å². The van der Waals surface area contributed by atoms with Crippen LogP contribution in [0.25, 0.3) is 0 Å². The van der Waals surface area contributed by atoms with Crippen LogP contribution in [0, 0.1) is 5.92 Å². The molecule has 0 aromatic carbocycles. The maximum Gasteiger partial charge on any atom is 0.407 e. The molecule has 3 unspecified atom stereocenters. The van der Waals surface area contributed by atoms with Crippen molar-refractivity contribution in [1.82, 2.24) is 5.32 Å². The van der Waals surface area contributed by atoms with Crippen LogP contribution in [0.1, 0.15) is 40.0 Å². The fraction of sp³-hybridized carbons (Fsp3) is 0.773. The minimum absolute atomic E-state index is 0.0758. The number of hydrogen-bond donors (Lipinski definition) is 3. The molecule has 3 atom stereocenters. The van der Waals surface area contributed by atoms with E-state index in [0.29, 0.717) is 37.1 Å². The van der Waals surface area contributed by atoms with E-state index in [-0.39, 0.29) is 32.8 Å². The highest BCUT2D eigenvalue weighted by Crippen LogP contribution is 2.10. The second-order valence-corrected chi connectivity index (χ2v) is 9.05. The first-order chi connectivity index (χ1) is 15.7. The Bertz CT molecular complexity index is 590. The number of thioether (sulfide) groups is 1. The van der Waals surface area contributed by atoms with E-state index in [1.54, 1.807) is 6.92 Å². The summed E-state index contributed by atoms with van der Waals surface area (Å²) >= 11 is 1.30. The molecule has 0 rings (SSSR count). The first kappa shape index (κ1) is 31.2. The molecule has 1 amide bonds. The molecule has 192 valence electrons. The highest BCUT2D eigenvalue weighted by molar-refractivity contribution is 7.99. The summed E-state index contributed by atoms with van der Waals surface area (Å²) in [7, 11) is 0. The van der Waals surface area contributed by atoms with Crippen molar-refractivity contribution >= 4 is 29.8 Å². The van der Waals surface area contributed by atoms with E-state index in [1.165, 1.54) is 11.8 Å². The van der Waals surface area contributed by atoms with Crippen molar-refractivity contribution in [1.29, 1.82) is 0 Å². The first-order valence-electron chi connectivity index (χ1n) is 11.0. The minimum Gasteiger partial charge on any atom is -0.463 e. The predicted octanol–water partition coefficient (Wildman–Crippen LogP) is 1.67. The lowest BCUT2D eigenvalue weighted by Crippen LogP contribution is -2.53. The van der Waals surface area contributed by atoms with E-state index in [4.69, 9.17) is 24.1 Å². The van der Waals surface area contributed by atoms with Crippen LogP contribution in [-0.4, -0.2) is 91.0 Å². The highest BCUT2D eigenvalue weighted by atomic mass is 32.2. The van der Waals surface area contributed by atoms with Gasteiger partial charge in [0.15, 0.2) is 0 Å². The SMILES string of the molecule is C=CC(=O)OCC(C)(COC(=O)CCSCC(O)CO)NC(=O)OCCCOCC(C)CC. The largest absolute Gasteiger partial charge is 0.463 e.